The van der Waals surface area contributed by atoms with E-state index in [4.69, 9.17) is 11.6 Å². The average Bonchev–Trinajstić information content (AvgIpc) is 2.46. The second-order valence-electron chi connectivity index (χ2n) is 3.17. The fourth-order valence-corrected chi connectivity index (χ4v) is 2.74. The van der Waals surface area contributed by atoms with E-state index in [-0.39, 0.29) is 0 Å². The minimum absolute atomic E-state index is 0.796. The molecule has 0 atom stereocenters. The van der Waals surface area contributed by atoms with E-state index in [2.05, 4.69) is 23.5 Å². The predicted molar refractivity (Wildman–Crippen MR) is 62.0 cm³/mol. The second kappa shape index (κ2) is 3.71. The summed E-state index contributed by atoms with van der Waals surface area (Å²) < 4.78 is 3.49. The van der Waals surface area contributed by atoms with E-state index in [0.717, 1.165) is 11.6 Å². The summed E-state index contributed by atoms with van der Waals surface area (Å²) in [4.78, 5) is 0. The number of allylic oxidation sites excluding steroid dienone is 1. The van der Waals surface area contributed by atoms with Crippen LogP contribution in [0.3, 0.4) is 0 Å². The molecule has 0 amide bonds. The molecule has 0 N–H and O–H groups in total. The second-order valence-corrected chi connectivity index (χ2v) is 4.67. The molecule has 2 rings (SSSR count). The monoisotopic (exact) mass is 224 g/mol. The van der Waals surface area contributed by atoms with Crippen molar-refractivity contribution in [2.24, 2.45) is 0 Å². The molecule has 0 radical (unpaired) electrons. The Morgan fingerprint density at radius 1 is 1.57 bits per heavy atom. The fourth-order valence-electron chi connectivity index (χ4n) is 1.48. The van der Waals surface area contributed by atoms with Gasteiger partial charge in [0, 0.05) is 11.9 Å². The van der Waals surface area contributed by atoms with Crippen LogP contribution in [-0.2, 0) is 6.54 Å². The Morgan fingerprint density at radius 3 is 3.07 bits per heavy atom. The maximum atomic E-state index is 5.95. The van der Waals surface area contributed by atoms with Crippen LogP contribution in [0.4, 0.5) is 0 Å². The summed E-state index contributed by atoms with van der Waals surface area (Å²) in [5, 5.41) is 2.04. The number of aryl methyl sites for hydroxylation is 1. The van der Waals surface area contributed by atoms with Gasteiger partial charge in [-0.2, -0.15) is 0 Å². The van der Waals surface area contributed by atoms with Crippen LogP contribution < -0.4 is 3.96 Å². The fraction of sp³-hybridized carbons (Fsp3) is 0.182. The Labute approximate surface area is 92.4 Å². The highest BCUT2D eigenvalue weighted by molar-refractivity contribution is 7.09. The highest BCUT2D eigenvalue weighted by Crippen LogP contribution is 2.24. The number of hydrogen-bond donors (Lipinski definition) is 0. The molecule has 0 fully saturated rings. The predicted octanol–water partition coefficient (Wildman–Crippen LogP) is 3.34. The first-order chi connectivity index (χ1) is 6.72. The van der Waals surface area contributed by atoms with Gasteiger partial charge in [0.15, 0.2) is 6.54 Å². The number of aromatic nitrogens is 1. The number of halogens is 1. The first kappa shape index (κ1) is 9.69. The summed E-state index contributed by atoms with van der Waals surface area (Å²) in [6, 6.07) is 6.01. The van der Waals surface area contributed by atoms with Crippen LogP contribution in [-0.4, -0.2) is 0 Å². The number of fused-ring (bicyclic) bond motifs is 1. The van der Waals surface area contributed by atoms with Gasteiger partial charge in [-0.05, 0) is 24.3 Å². The lowest BCUT2D eigenvalue weighted by Crippen LogP contribution is -2.29. The lowest BCUT2D eigenvalue weighted by Gasteiger charge is -1.88. The van der Waals surface area contributed by atoms with E-state index in [1.165, 1.54) is 15.8 Å². The van der Waals surface area contributed by atoms with Crippen molar-refractivity contribution >= 4 is 33.2 Å². The number of rotatable bonds is 2. The quantitative estimate of drug-likeness (QED) is 0.544. The topological polar surface area (TPSA) is 3.88 Å². The zero-order chi connectivity index (χ0) is 10.1. The molecule has 2 aromatic rings. The number of benzene rings is 1. The molecule has 1 aromatic heterocycles. The molecule has 72 valence electrons. The molecular formula is C11H11ClNS+. The van der Waals surface area contributed by atoms with Crippen molar-refractivity contribution in [1.82, 2.24) is 0 Å². The Morgan fingerprint density at radius 2 is 2.36 bits per heavy atom. The minimum atomic E-state index is 0.796. The smallest absolute Gasteiger partial charge is 0.134 e. The summed E-state index contributed by atoms with van der Waals surface area (Å²) in [6.45, 7) is 6.72. The van der Waals surface area contributed by atoms with Crippen molar-refractivity contribution in [1.29, 1.82) is 0 Å². The molecule has 1 aromatic carbocycles. The van der Waals surface area contributed by atoms with Crippen molar-refractivity contribution in [2.75, 3.05) is 0 Å². The maximum absolute atomic E-state index is 5.95. The molecule has 0 unspecified atom stereocenters. The molecule has 1 nitrogen and oxygen atoms in total. The molecule has 0 saturated carbocycles. The summed E-state index contributed by atoms with van der Waals surface area (Å²) in [7, 11) is 0. The van der Waals surface area contributed by atoms with Crippen LogP contribution in [0.5, 0.6) is 0 Å². The van der Waals surface area contributed by atoms with Crippen LogP contribution in [0.2, 0.25) is 5.02 Å². The van der Waals surface area contributed by atoms with E-state index >= 15 is 0 Å². The Hall–Kier alpha value is -0.860. The number of hydrogen-bond acceptors (Lipinski definition) is 1. The molecule has 0 aliphatic heterocycles. The molecule has 14 heavy (non-hydrogen) atoms. The summed E-state index contributed by atoms with van der Waals surface area (Å²) in [5.74, 6) is 0. The van der Waals surface area contributed by atoms with Gasteiger partial charge in [0.25, 0.3) is 0 Å². The lowest BCUT2D eigenvalue weighted by atomic mass is 10.2. The van der Waals surface area contributed by atoms with Gasteiger partial charge < -0.3 is 0 Å². The van der Waals surface area contributed by atoms with Gasteiger partial charge in [-0.3, -0.25) is 0 Å². The van der Waals surface area contributed by atoms with Crippen LogP contribution in [0, 0.1) is 6.92 Å². The third-order valence-corrected chi connectivity index (χ3v) is 3.64. The normalized spacial score (nSPS) is 10.7. The van der Waals surface area contributed by atoms with E-state index in [1.54, 1.807) is 11.5 Å². The molecule has 1 heterocycles. The largest absolute Gasteiger partial charge is 0.201 e. The van der Waals surface area contributed by atoms with Crippen LogP contribution in [0.15, 0.2) is 30.9 Å². The standard InChI is InChI=1S/C11H11ClNS/c1-3-6-13-8(2)10-7-9(12)4-5-11(10)14-13/h3-5,7H,1,6H2,2H3/q+1. The Balaban J connectivity index is 2.67. The van der Waals surface area contributed by atoms with E-state index in [0.29, 0.717) is 0 Å². The summed E-state index contributed by atoms with van der Waals surface area (Å²) in [6.07, 6.45) is 1.91. The third kappa shape index (κ3) is 1.56. The van der Waals surface area contributed by atoms with Crippen LogP contribution in [0.25, 0.3) is 10.1 Å². The summed E-state index contributed by atoms with van der Waals surface area (Å²) in [5.41, 5.74) is 1.26. The number of nitrogens with zero attached hydrogens (tertiary/aromatic N) is 1. The third-order valence-electron chi connectivity index (χ3n) is 2.21. The first-order valence-corrected chi connectivity index (χ1v) is 5.57. The van der Waals surface area contributed by atoms with Crippen molar-refractivity contribution in [3.05, 3.63) is 41.6 Å². The zero-order valence-corrected chi connectivity index (χ0v) is 9.53. The SMILES string of the molecule is C=CC[n+]1sc2ccc(Cl)cc2c1C. The highest BCUT2D eigenvalue weighted by Gasteiger charge is 2.14. The van der Waals surface area contributed by atoms with Crippen LogP contribution in [0.1, 0.15) is 5.69 Å². The van der Waals surface area contributed by atoms with Crippen LogP contribution >= 0.6 is 23.1 Å². The molecular weight excluding hydrogens is 214 g/mol. The van der Waals surface area contributed by atoms with Crippen molar-refractivity contribution < 1.29 is 3.96 Å². The van der Waals surface area contributed by atoms with E-state index in [1.807, 2.05) is 18.2 Å². The summed E-state index contributed by atoms with van der Waals surface area (Å²) >= 11 is 7.70. The Kier molecular flexibility index (Phi) is 2.57. The van der Waals surface area contributed by atoms with Gasteiger partial charge in [-0.15, -0.1) is 3.96 Å². The molecule has 0 saturated heterocycles. The average molecular weight is 225 g/mol. The maximum Gasteiger partial charge on any atom is 0.201 e. The van der Waals surface area contributed by atoms with Crippen molar-refractivity contribution in [3.8, 4) is 0 Å². The zero-order valence-electron chi connectivity index (χ0n) is 7.96. The van der Waals surface area contributed by atoms with E-state index < -0.39 is 0 Å². The van der Waals surface area contributed by atoms with Crippen molar-refractivity contribution in [3.63, 3.8) is 0 Å². The molecule has 3 heteroatoms. The van der Waals surface area contributed by atoms with Crippen molar-refractivity contribution in [2.45, 2.75) is 13.5 Å². The van der Waals surface area contributed by atoms with Gasteiger partial charge in [0.1, 0.15) is 16.2 Å². The molecule has 0 spiro atoms. The van der Waals surface area contributed by atoms with Gasteiger partial charge in [-0.25, -0.2) is 0 Å². The lowest BCUT2D eigenvalue weighted by molar-refractivity contribution is -0.623. The first-order valence-electron chi connectivity index (χ1n) is 4.42. The molecule has 0 bridgehead atoms. The van der Waals surface area contributed by atoms with Gasteiger partial charge in [0.05, 0.1) is 5.39 Å². The molecule has 0 aliphatic carbocycles. The van der Waals surface area contributed by atoms with Gasteiger partial charge in [-0.1, -0.05) is 18.2 Å². The highest BCUT2D eigenvalue weighted by atomic mass is 35.5. The Bertz CT molecular complexity index is 487. The van der Waals surface area contributed by atoms with Gasteiger partial charge in [0.2, 0.25) is 5.69 Å². The molecule has 0 aliphatic rings. The minimum Gasteiger partial charge on any atom is -0.134 e. The van der Waals surface area contributed by atoms with Gasteiger partial charge >= 0.3 is 0 Å². The van der Waals surface area contributed by atoms with E-state index in [9.17, 15) is 0 Å².